The fraction of sp³-hybridized carbons (Fsp3) is 0. The van der Waals surface area contributed by atoms with Crippen LogP contribution in [0.5, 0.6) is 5.88 Å². The predicted molar refractivity (Wildman–Crippen MR) is 82.2 cm³/mol. The maximum atomic E-state index is 11.3. The number of aliphatic carboxylic acids is 1. The molecule has 3 rings (SSSR count). The molecule has 8 heteroatoms. The van der Waals surface area contributed by atoms with E-state index in [1.54, 1.807) is 18.2 Å². The van der Waals surface area contributed by atoms with Crippen LogP contribution in [-0.4, -0.2) is 26.9 Å². The van der Waals surface area contributed by atoms with Gasteiger partial charge in [0.15, 0.2) is 10.8 Å². The van der Waals surface area contributed by atoms with Crippen molar-refractivity contribution in [2.24, 2.45) is 4.99 Å². The SMILES string of the molecule is Nc1nc(O)c(/C=C2/C(C(=O)O)=Nc3ccc(Cl)cc32)s1. The van der Waals surface area contributed by atoms with Crippen LogP contribution in [0.25, 0.3) is 11.6 Å². The number of thiazole rings is 1. The van der Waals surface area contributed by atoms with Crippen molar-refractivity contribution in [3.63, 3.8) is 0 Å². The van der Waals surface area contributed by atoms with Crippen molar-refractivity contribution in [3.05, 3.63) is 33.7 Å². The van der Waals surface area contributed by atoms with Gasteiger partial charge in [-0.15, -0.1) is 0 Å². The molecule has 0 amide bonds. The zero-order valence-corrected chi connectivity index (χ0v) is 11.9. The van der Waals surface area contributed by atoms with Crippen molar-refractivity contribution in [1.82, 2.24) is 4.98 Å². The molecule has 106 valence electrons. The lowest BCUT2D eigenvalue weighted by Crippen LogP contribution is -2.11. The summed E-state index contributed by atoms with van der Waals surface area (Å²) >= 11 is 7.00. The largest absolute Gasteiger partial charge is 0.492 e. The highest BCUT2D eigenvalue weighted by atomic mass is 35.5. The van der Waals surface area contributed by atoms with Crippen LogP contribution in [0.1, 0.15) is 10.4 Å². The third-order valence-corrected chi connectivity index (χ3v) is 3.92. The number of carboxylic acid groups (broad SMARTS) is 1. The third kappa shape index (κ3) is 2.37. The van der Waals surface area contributed by atoms with Crippen LogP contribution in [-0.2, 0) is 4.79 Å². The van der Waals surface area contributed by atoms with Gasteiger partial charge in [0, 0.05) is 16.2 Å². The lowest BCUT2D eigenvalue weighted by molar-refractivity contribution is -0.129. The molecule has 21 heavy (non-hydrogen) atoms. The van der Waals surface area contributed by atoms with Gasteiger partial charge in [-0.25, -0.2) is 9.79 Å². The van der Waals surface area contributed by atoms with Gasteiger partial charge in [0.05, 0.1) is 10.6 Å². The molecule has 1 aromatic heterocycles. The molecule has 0 saturated carbocycles. The van der Waals surface area contributed by atoms with E-state index in [1.165, 1.54) is 6.08 Å². The van der Waals surface area contributed by atoms with Crippen molar-refractivity contribution in [3.8, 4) is 5.88 Å². The van der Waals surface area contributed by atoms with Gasteiger partial charge in [-0.1, -0.05) is 22.9 Å². The number of nitrogen functional groups attached to an aromatic ring is 1. The average molecular weight is 322 g/mol. The van der Waals surface area contributed by atoms with E-state index in [4.69, 9.17) is 17.3 Å². The number of halogens is 1. The molecule has 0 spiro atoms. The van der Waals surface area contributed by atoms with E-state index in [-0.39, 0.29) is 16.7 Å². The number of aromatic nitrogens is 1. The monoisotopic (exact) mass is 321 g/mol. The average Bonchev–Trinajstić information content (AvgIpc) is 2.91. The van der Waals surface area contributed by atoms with Crippen molar-refractivity contribution >= 4 is 57.1 Å². The maximum absolute atomic E-state index is 11.3. The first-order chi connectivity index (χ1) is 9.95. The molecule has 0 bridgehead atoms. The van der Waals surface area contributed by atoms with E-state index in [9.17, 15) is 15.0 Å². The third-order valence-electron chi connectivity index (χ3n) is 2.87. The number of aromatic hydroxyl groups is 1. The van der Waals surface area contributed by atoms with Gasteiger partial charge < -0.3 is 15.9 Å². The molecule has 0 unspecified atom stereocenters. The summed E-state index contributed by atoms with van der Waals surface area (Å²) in [6.07, 6.45) is 1.50. The Morgan fingerprint density at radius 1 is 1.43 bits per heavy atom. The molecule has 1 aliphatic heterocycles. The van der Waals surface area contributed by atoms with Gasteiger partial charge in [0.2, 0.25) is 5.88 Å². The van der Waals surface area contributed by atoms with Crippen molar-refractivity contribution in [2.45, 2.75) is 0 Å². The predicted octanol–water partition coefficient (Wildman–Crippen LogP) is 2.80. The van der Waals surface area contributed by atoms with Gasteiger partial charge in [0.25, 0.3) is 0 Å². The molecule has 6 nitrogen and oxygen atoms in total. The van der Waals surface area contributed by atoms with Crippen molar-refractivity contribution in [2.75, 3.05) is 5.73 Å². The topological polar surface area (TPSA) is 109 Å². The Morgan fingerprint density at radius 2 is 2.19 bits per heavy atom. The molecular weight excluding hydrogens is 314 g/mol. The summed E-state index contributed by atoms with van der Waals surface area (Å²) < 4.78 is 0. The number of fused-ring (bicyclic) bond motifs is 1. The second-order valence-corrected chi connectivity index (χ2v) is 5.72. The molecule has 0 aliphatic carbocycles. The first kappa shape index (κ1) is 13.6. The normalized spacial score (nSPS) is 15.1. The number of carbonyl (C=O) groups is 1. The van der Waals surface area contributed by atoms with Gasteiger partial charge in [-0.2, -0.15) is 4.98 Å². The Morgan fingerprint density at radius 3 is 2.81 bits per heavy atom. The molecular formula is C13H8ClN3O3S. The first-order valence-corrected chi connectivity index (χ1v) is 6.94. The van der Waals surface area contributed by atoms with E-state index >= 15 is 0 Å². The standard InChI is InChI=1S/C13H8ClN3O3S/c14-5-1-2-8-6(3-5)7(10(16-8)12(19)20)4-9-11(18)17-13(15)21-9/h1-4,18H,(H2,15,17)(H,19,20)/b7-4+. The number of nitrogens with zero attached hydrogens (tertiary/aromatic N) is 2. The quantitative estimate of drug-likeness (QED) is 0.788. The fourth-order valence-corrected chi connectivity index (χ4v) is 2.85. The van der Waals surface area contributed by atoms with E-state index in [0.717, 1.165) is 11.3 Å². The van der Waals surface area contributed by atoms with Crippen LogP contribution in [0, 0.1) is 0 Å². The van der Waals surface area contributed by atoms with Crippen LogP contribution in [0.15, 0.2) is 23.2 Å². The molecule has 1 aliphatic rings. The smallest absolute Gasteiger partial charge is 0.355 e. The van der Waals surface area contributed by atoms with Gasteiger partial charge in [0.1, 0.15) is 0 Å². The number of benzene rings is 1. The summed E-state index contributed by atoms with van der Waals surface area (Å²) in [7, 11) is 0. The number of anilines is 1. The highest BCUT2D eigenvalue weighted by Gasteiger charge is 2.27. The van der Waals surface area contributed by atoms with E-state index in [2.05, 4.69) is 9.98 Å². The van der Waals surface area contributed by atoms with Gasteiger partial charge in [-0.05, 0) is 24.3 Å². The second kappa shape index (κ2) is 4.87. The lowest BCUT2D eigenvalue weighted by atomic mass is 10.0. The molecule has 0 atom stereocenters. The fourth-order valence-electron chi connectivity index (χ4n) is 2.00. The minimum absolute atomic E-state index is 0.112. The minimum atomic E-state index is -1.16. The number of hydrogen-bond donors (Lipinski definition) is 3. The number of nitrogens with two attached hydrogens (primary N) is 1. The van der Waals surface area contributed by atoms with Crippen LogP contribution in [0.4, 0.5) is 10.8 Å². The summed E-state index contributed by atoms with van der Waals surface area (Å²) in [5.41, 5.74) is 6.87. The maximum Gasteiger partial charge on any atom is 0.355 e. The van der Waals surface area contributed by atoms with Gasteiger partial charge in [-0.3, -0.25) is 0 Å². The second-order valence-electron chi connectivity index (χ2n) is 4.23. The Hall–Kier alpha value is -2.38. The molecule has 0 saturated heterocycles. The molecule has 1 aromatic carbocycles. The summed E-state index contributed by atoms with van der Waals surface area (Å²) in [5, 5.41) is 19.6. The number of rotatable bonds is 2. The summed E-state index contributed by atoms with van der Waals surface area (Å²) in [6.45, 7) is 0. The Balaban J connectivity index is 2.20. The van der Waals surface area contributed by atoms with Crippen LogP contribution < -0.4 is 5.73 Å². The zero-order chi connectivity index (χ0) is 15.1. The van der Waals surface area contributed by atoms with E-state index in [1.807, 2.05) is 0 Å². The van der Waals surface area contributed by atoms with Crippen LogP contribution >= 0.6 is 22.9 Å². The minimum Gasteiger partial charge on any atom is -0.492 e. The number of aliphatic imine (C=N–C) groups is 1. The lowest BCUT2D eigenvalue weighted by Gasteiger charge is -2.02. The molecule has 2 aromatic rings. The Labute approximate surface area is 127 Å². The van der Waals surface area contributed by atoms with Crippen LogP contribution in [0.3, 0.4) is 0 Å². The Bertz CT molecular complexity index is 826. The highest BCUT2D eigenvalue weighted by Crippen LogP contribution is 2.39. The van der Waals surface area contributed by atoms with Crippen LogP contribution in [0.2, 0.25) is 5.02 Å². The molecule has 0 fully saturated rings. The first-order valence-electron chi connectivity index (χ1n) is 5.75. The summed E-state index contributed by atoms with van der Waals surface area (Å²) in [4.78, 5) is 19.5. The summed E-state index contributed by atoms with van der Waals surface area (Å²) in [6, 6.07) is 4.90. The number of carboxylic acids is 1. The van der Waals surface area contributed by atoms with Crippen molar-refractivity contribution < 1.29 is 15.0 Å². The molecule has 2 heterocycles. The highest BCUT2D eigenvalue weighted by molar-refractivity contribution is 7.16. The molecule has 0 radical (unpaired) electrons. The number of hydrogen-bond acceptors (Lipinski definition) is 6. The van der Waals surface area contributed by atoms with Crippen molar-refractivity contribution in [1.29, 1.82) is 0 Å². The van der Waals surface area contributed by atoms with Gasteiger partial charge >= 0.3 is 5.97 Å². The summed E-state index contributed by atoms with van der Waals surface area (Å²) in [5.74, 6) is -1.41. The van der Waals surface area contributed by atoms with E-state index in [0.29, 0.717) is 26.7 Å². The Kier molecular flexibility index (Phi) is 3.15. The zero-order valence-electron chi connectivity index (χ0n) is 10.4. The molecule has 4 N–H and O–H groups in total. The van der Waals surface area contributed by atoms with E-state index < -0.39 is 5.97 Å².